The van der Waals surface area contributed by atoms with Gasteiger partial charge in [-0.3, -0.25) is 4.57 Å². The second-order valence-corrected chi connectivity index (χ2v) is 10.6. The third-order valence-corrected chi connectivity index (χ3v) is 7.43. The van der Waals surface area contributed by atoms with Crippen molar-refractivity contribution < 1.29 is 18.5 Å². The van der Waals surface area contributed by atoms with Crippen LogP contribution in [-0.2, 0) is 9.09 Å². The van der Waals surface area contributed by atoms with E-state index in [1.807, 2.05) is 28.1 Å². The molecular weight excluding hydrogens is 357 g/mol. The van der Waals surface area contributed by atoms with Crippen molar-refractivity contribution in [2.45, 2.75) is 103 Å². The third-order valence-electron chi connectivity index (χ3n) is 5.07. The largest absolute Gasteiger partial charge is 0.385 e. The Morgan fingerprint density at radius 2 is 1.33 bits per heavy atom. The van der Waals surface area contributed by atoms with Crippen molar-refractivity contribution in [3.05, 3.63) is 12.2 Å². The predicted molar refractivity (Wildman–Crippen MR) is 118 cm³/mol. The molecule has 0 fully saturated rings. The van der Waals surface area contributed by atoms with Gasteiger partial charge >= 0.3 is 7.60 Å². The van der Waals surface area contributed by atoms with E-state index in [2.05, 4.69) is 19.1 Å². The van der Waals surface area contributed by atoms with Gasteiger partial charge in [0, 0.05) is 6.42 Å². The maximum Gasteiger partial charge on any atom is 0.385 e. The summed E-state index contributed by atoms with van der Waals surface area (Å²) in [6, 6.07) is 0. The van der Waals surface area contributed by atoms with Crippen molar-refractivity contribution in [1.82, 2.24) is 0 Å². The first-order chi connectivity index (χ1) is 12.8. The predicted octanol–water partition coefficient (Wildman–Crippen LogP) is 6.89. The highest BCUT2D eigenvalue weighted by Crippen LogP contribution is 2.51. The lowest BCUT2D eigenvalue weighted by molar-refractivity contribution is -0.883. The van der Waals surface area contributed by atoms with E-state index in [4.69, 9.17) is 4.52 Å². The first kappa shape index (κ1) is 26.9. The zero-order valence-corrected chi connectivity index (χ0v) is 19.7. The molecule has 0 spiro atoms. The van der Waals surface area contributed by atoms with E-state index >= 15 is 0 Å². The maximum absolute atomic E-state index is 12.4. The Morgan fingerprint density at radius 1 is 0.852 bits per heavy atom. The van der Waals surface area contributed by atoms with Crippen LogP contribution in [-0.4, -0.2) is 42.9 Å². The van der Waals surface area contributed by atoms with E-state index in [1.54, 1.807) is 0 Å². The van der Waals surface area contributed by atoms with Crippen LogP contribution < -0.4 is 0 Å². The van der Waals surface area contributed by atoms with Crippen LogP contribution in [0.1, 0.15) is 97.3 Å². The molecule has 0 heterocycles. The van der Waals surface area contributed by atoms with Crippen molar-refractivity contribution >= 4 is 7.60 Å². The van der Waals surface area contributed by atoms with Gasteiger partial charge in [0.1, 0.15) is 0 Å². The molecule has 0 rings (SSSR count). The first-order valence-corrected chi connectivity index (χ1v) is 12.8. The number of allylic oxidation sites excluding steroid dienone is 2. The highest BCUT2D eigenvalue weighted by molar-refractivity contribution is 7.53. The lowest BCUT2D eigenvalue weighted by Crippen LogP contribution is -2.44. The van der Waals surface area contributed by atoms with Crippen molar-refractivity contribution in [1.29, 1.82) is 0 Å². The molecule has 0 aliphatic carbocycles. The molecule has 0 aromatic carbocycles. The van der Waals surface area contributed by atoms with Crippen LogP contribution in [0.15, 0.2) is 12.2 Å². The topological polar surface area (TPSA) is 46.5 Å². The summed E-state index contributed by atoms with van der Waals surface area (Å²) >= 11 is 0. The molecule has 0 bridgehead atoms. The van der Waals surface area contributed by atoms with Gasteiger partial charge < -0.3 is 13.9 Å². The second-order valence-electron chi connectivity index (χ2n) is 8.63. The van der Waals surface area contributed by atoms with E-state index in [-0.39, 0.29) is 5.78 Å². The summed E-state index contributed by atoms with van der Waals surface area (Å²) in [6.07, 6.45) is 20.1. The SMILES string of the molecule is CCCCC/C=C\CCCCCCCCCOP(=O)(O)C(CC)[N+](C)(C)C. The molecule has 162 valence electrons. The zero-order chi connectivity index (χ0) is 20.6. The van der Waals surface area contributed by atoms with E-state index < -0.39 is 7.60 Å². The summed E-state index contributed by atoms with van der Waals surface area (Å²) in [5.74, 6) is -0.349. The average molecular weight is 405 g/mol. The smallest absolute Gasteiger partial charge is 0.320 e. The third kappa shape index (κ3) is 14.5. The molecule has 1 N–H and O–H groups in total. The minimum atomic E-state index is -3.54. The molecule has 0 saturated carbocycles. The van der Waals surface area contributed by atoms with Crippen LogP contribution in [0.2, 0.25) is 0 Å². The number of nitrogens with zero attached hydrogens (tertiary/aromatic N) is 1. The monoisotopic (exact) mass is 404 g/mol. The Kier molecular flexibility index (Phi) is 15.6. The first-order valence-electron chi connectivity index (χ1n) is 11.2. The van der Waals surface area contributed by atoms with Crippen LogP contribution in [0.5, 0.6) is 0 Å². The van der Waals surface area contributed by atoms with Crippen molar-refractivity contribution in [2.24, 2.45) is 0 Å². The van der Waals surface area contributed by atoms with Gasteiger partial charge in [0.2, 0.25) is 0 Å². The second kappa shape index (κ2) is 15.7. The van der Waals surface area contributed by atoms with Crippen LogP contribution in [0.25, 0.3) is 0 Å². The van der Waals surface area contributed by atoms with Gasteiger partial charge in [0.25, 0.3) is 0 Å². The van der Waals surface area contributed by atoms with Crippen LogP contribution in [0.4, 0.5) is 0 Å². The zero-order valence-electron chi connectivity index (χ0n) is 18.8. The van der Waals surface area contributed by atoms with E-state index in [0.717, 1.165) is 12.8 Å². The number of unbranched alkanes of at least 4 members (excludes halogenated alkanes) is 10. The van der Waals surface area contributed by atoms with Gasteiger partial charge in [0.05, 0.1) is 27.7 Å². The fourth-order valence-corrected chi connectivity index (χ4v) is 5.39. The quantitative estimate of drug-likeness (QED) is 0.117. The summed E-state index contributed by atoms with van der Waals surface area (Å²) in [7, 11) is 2.30. The molecule has 0 amide bonds. The van der Waals surface area contributed by atoms with Gasteiger partial charge in [0.15, 0.2) is 5.78 Å². The molecule has 0 aliphatic rings. The van der Waals surface area contributed by atoms with Crippen LogP contribution in [0.3, 0.4) is 0 Å². The Labute approximate surface area is 169 Å². The van der Waals surface area contributed by atoms with E-state index in [1.165, 1.54) is 64.2 Å². The van der Waals surface area contributed by atoms with Crippen molar-refractivity contribution in [2.75, 3.05) is 27.7 Å². The summed E-state index contributed by atoms with van der Waals surface area (Å²) in [5, 5.41) is 0. The Morgan fingerprint density at radius 3 is 1.81 bits per heavy atom. The molecule has 2 atom stereocenters. The lowest BCUT2D eigenvalue weighted by atomic mass is 10.1. The molecule has 5 heteroatoms. The summed E-state index contributed by atoms with van der Waals surface area (Å²) in [4.78, 5) is 10.2. The van der Waals surface area contributed by atoms with Gasteiger partial charge in [-0.2, -0.15) is 0 Å². The normalized spacial score (nSPS) is 15.9. The van der Waals surface area contributed by atoms with E-state index in [9.17, 15) is 9.46 Å². The molecule has 0 aliphatic heterocycles. The number of hydrogen-bond acceptors (Lipinski definition) is 2. The standard InChI is InChI=1S/C22H46NO3P/c1-6-8-9-10-11-12-13-14-15-16-17-18-19-20-21-26-27(24,25)22(7-2)23(3,4)5/h11-12,22H,6-10,13-21H2,1-5H3/p+1/b12-11-. The minimum absolute atomic E-state index is 0.349. The van der Waals surface area contributed by atoms with Gasteiger partial charge in [-0.05, 0) is 32.1 Å². The Bertz CT molecular complexity index is 418. The van der Waals surface area contributed by atoms with Gasteiger partial charge in [-0.15, -0.1) is 0 Å². The Hall–Kier alpha value is -0.150. The highest BCUT2D eigenvalue weighted by atomic mass is 31.2. The van der Waals surface area contributed by atoms with Crippen molar-refractivity contribution in [3.8, 4) is 0 Å². The highest BCUT2D eigenvalue weighted by Gasteiger charge is 2.41. The number of hydrogen-bond donors (Lipinski definition) is 1. The van der Waals surface area contributed by atoms with Crippen LogP contribution >= 0.6 is 7.60 Å². The summed E-state index contributed by atoms with van der Waals surface area (Å²) in [6.45, 7) is 4.59. The van der Waals surface area contributed by atoms with Crippen molar-refractivity contribution in [3.63, 3.8) is 0 Å². The number of quaternary nitrogens is 1. The molecule has 0 saturated heterocycles. The fourth-order valence-electron chi connectivity index (χ4n) is 3.49. The maximum atomic E-state index is 12.4. The molecule has 0 aromatic heterocycles. The summed E-state index contributed by atoms with van der Waals surface area (Å²) < 4.78 is 18.3. The number of rotatable bonds is 18. The Balaban J connectivity index is 3.58. The van der Waals surface area contributed by atoms with E-state index in [0.29, 0.717) is 17.5 Å². The van der Waals surface area contributed by atoms with Crippen LogP contribution in [0, 0.1) is 0 Å². The molecule has 0 radical (unpaired) electrons. The molecule has 4 nitrogen and oxygen atoms in total. The molecule has 2 unspecified atom stereocenters. The minimum Gasteiger partial charge on any atom is -0.320 e. The van der Waals surface area contributed by atoms with Gasteiger partial charge in [-0.1, -0.05) is 70.9 Å². The molecular formula is C22H47NO3P+. The van der Waals surface area contributed by atoms with Gasteiger partial charge in [-0.25, -0.2) is 0 Å². The molecule has 0 aromatic rings. The average Bonchev–Trinajstić information content (AvgIpc) is 2.57. The lowest BCUT2D eigenvalue weighted by Gasteiger charge is -2.35. The molecule has 27 heavy (non-hydrogen) atoms. The fraction of sp³-hybridized carbons (Fsp3) is 0.909. The summed E-state index contributed by atoms with van der Waals surface area (Å²) in [5.41, 5.74) is 0.